The van der Waals surface area contributed by atoms with E-state index in [-0.39, 0.29) is 11.9 Å². The molecule has 168 valence electrons. The number of amides is 1. The molecule has 4 heterocycles. The first-order valence-corrected chi connectivity index (χ1v) is 11.5. The number of hydrogen-bond donors (Lipinski definition) is 3. The third-order valence-electron chi connectivity index (χ3n) is 6.15. The molecule has 0 radical (unpaired) electrons. The number of carbonyl (C=O) groups excluding carboxylic acids is 1. The van der Waals surface area contributed by atoms with Crippen LogP contribution >= 0.6 is 11.6 Å². The molecule has 1 saturated carbocycles. The summed E-state index contributed by atoms with van der Waals surface area (Å²) >= 11 is 5.96. The highest BCUT2D eigenvalue weighted by atomic mass is 35.5. The van der Waals surface area contributed by atoms with E-state index < -0.39 is 0 Å². The second kappa shape index (κ2) is 8.08. The summed E-state index contributed by atoms with van der Waals surface area (Å²) < 4.78 is 1.88. The van der Waals surface area contributed by atoms with Crippen LogP contribution in [0.4, 0.5) is 23.4 Å². The van der Waals surface area contributed by atoms with Crippen LogP contribution in [0.2, 0.25) is 5.02 Å². The molecule has 1 aliphatic heterocycles. The number of nitrogens with zero attached hydrogens (tertiary/aromatic N) is 5. The molecule has 1 amide bonds. The van der Waals surface area contributed by atoms with Gasteiger partial charge in [-0.15, -0.1) is 0 Å². The second-order valence-electron chi connectivity index (χ2n) is 8.54. The molecule has 3 aromatic heterocycles. The van der Waals surface area contributed by atoms with E-state index in [1.54, 1.807) is 24.3 Å². The van der Waals surface area contributed by atoms with E-state index in [4.69, 9.17) is 21.6 Å². The Morgan fingerprint density at radius 3 is 2.79 bits per heavy atom. The zero-order valence-electron chi connectivity index (χ0n) is 17.8. The van der Waals surface area contributed by atoms with Crippen molar-refractivity contribution < 1.29 is 4.79 Å². The molecule has 2 aliphatic rings. The Morgan fingerprint density at radius 2 is 1.97 bits per heavy atom. The fourth-order valence-electron chi connectivity index (χ4n) is 4.29. The molecule has 4 aromatic rings. The lowest BCUT2D eigenvalue weighted by atomic mass is 10.2. The van der Waals surface area contributed by atoms with Crippen LogP contribution in [-0.4, -0.2) is 43.1 Å². The molecule has 9 nitrogen and oxygen atoms in total. The van der Waals surface area contributed by atoms with Gasteiger partial charge in [0.2, 0.25) is 17.8 Å². The molecule has 33 heavy (non-hydrogen) atoms. The van der Waals surface area contributed by atoms with Gasteiger partial charge in [0.05, 0.1) is 0 Å². The molecule has 1 atom stereocenters. The molecule has 1 aliphatic carbocycles. The van der Waals surface area contributed by atoms with Crippen molar-refractivity contribution in [2.24, 2.45) is 0 Å². The number of aromatic nitrogens is 5. The van der Waals surface area contributed by atoms with E-state index in [1.165, 1.54) is 12.8 Å². The van der Waals surface area contributed by atoms with Crippen molar-refractivity contribution in [3.05, 3.63) is 59.4 Å². The molecular formula is C23H23ClN8O. The Balaban J connectivity index is 1.27. The van der Waals surface area contributed by atoms with Gasteiger partial charge in [-0.3, -0.25) is 14.3 Å². The summed E-state index contributed by atoms with van der Waals surface area (Å²) in [5.74, 6) is 2.36. The van der Waals surface area contributed by atoms with Crippen molar-refractivity contribution in [1.82, 2.24) is 24.6 Å². The summed E-state index contributed by atoms with van der Waals surface area (Å²) in [6, 6.07) is 12.6. The van der Waals surface area contributed by atoms with Crippen LogP contribution in [0.25, 0.3) is 5.65 Å². The van der Waals surface area contributed by atoms with Gasteiger partial charge in [-0.05, 0) is 62.1 Å². The van der Waals surface area contributed by atoms with E-state index in [1.807, 2.05) is 33.7 Å². The van der Waals surface area contributed by atoms with Crippen molar-refractivity contribution in [3.63, 3.8) is 0 Å². The molecule has 1 aromatic carbocycles. The molecule has 6 rings (SSSR count). The average molecular weight is 463 g/mol. The summed E-state index contributed by atoms with van der Waals surface area (Å²) in [5, 5.41) is 14.4. The van der Waals surface area contributed by atoms with Gasteiger partial charge >= 0.3 is 0 Å². The minimum atomic E-state index is -0.349. The second-order valence-corrected chi connectivity index (χ2v) is 8.98. The summed E-state index contributed by atoms with van der Waals surface area (Å²) in [4.78, 5) is 24.6. The minimum Gasteiger partial charge on any atom is -0.329 e. The highest BCUT2D eigenvalue weighted by Crippen LogP contribution is 2.39. The van der Waals surface area contributed by atoms with E-state index in [0.717, 1.165) is 30.0 Å². The summed E-state index contributed by atoms with van der Waals surface area (Å²) in [6.45, 7) is 0.712. The number of aromatic amines is 1. The molecule has 0 spiro atoms. The topological polar surface area (TPSA) is 103 Å². The van der Waals surface area contributed by atoms with Gasteiger partial charge in [-0.2, -0.15) is 15.1 Å². The van der Waals surface area contributed by atoms with Gasteiger partial charge in [0, 0.05) is 41.1 Å². The van der Waals surface area contributed by atoms with Crippen molar-refractivity contribution in [2.45, 2.75) is 37.6 Å². The predicted molar refractivity (Wildman–Crippen MR) is 127 cm³/mol. The van der Waals surface area contributed by atoms with Crippen LogP contribution in [-0.2, 0) is 4.79 Å². The Kier molecular flexibility index (Phi) is 4.91. The van der Waals surface area contributed by atoms with Gasteiger partial charge in [-0.25, -0.2) is 0 Å². The lowest BCUT2D eigenvalue weighted by Gasteiger charge is -2.24. The van der Waals surface area contributed by atoms with E-state index >= 15 is 0 Å². The van der Waals surface area contributed by atoms with Gasteiger partial charge < -0.3 is 15.5 Å². The van der Waals surface area contributed by atoms with Crippen LogP contribution in [0.15, 0.2) is 48.7 Å². The van der Waals surface area contributed by atoms with Crippen LogP contribution in [0.1, 0.15) is 37.3 Å². The number of hydrogen-bond acceptors (Lipinski definition) is 6. The fraction of sp³-hybridized carbons (Fsp3) is 0.304. The average Bonchev–Trinajstić information content (AvgIpc) is 3.20. The summed E-state index contributed by atoms with van der Waals surface area (Å²) in [7, 11) is 0. The zero-order valence-corrected chi connectivity index (χ0v) is 18.6. The maximum absolute atomic E-state index is 13.1. The van der Waals surface area contributed by atoms with E-state index in [9.17, 15) is 4.79 Å². The maximum atomic E-state index is 13.1. The fourth-order valence-corrected chi connectivity index (χ4v) is 4.42. The Morgan fingerprint density at radius 1 is 1.12 bits per heavy atom. The molecule has 0 bridgehead atoms. The lowest BCUT2D eigenvalue weighted by molar-refractivity contribution is -0.117. The summed E-state index contributed by atoms with van der Waals surface area (Å²) in [5.41, 5.74) is 2.62. The molecule has 3 N–H and O–H groups in total. The molecular weight excluding hydrogens is 440 g/mol. The first-order chi connectivity index (χ1) is 16.1. The standard InChI is InChI=1S/C23H23ClN8O/c24-15-7-9-16(10-8-15)25-21(33)18-3-1-11-31(18)23-27-20-4-2-12-32(20)22(28-23)26-19-13-17(29-30-19)14-5-6-14/h2,4,7-10,12-14,18H,1,3,5-6,11H2,(H,25,33)(H2,26,27,28,29,30)/t18-/m0/s1. The van der Waals surface area contributed by atoms with Crippen LogP contribution in [0.5, 0.6) is 0 Å². The Bertz CT molecular complexity index is 1310. The molecule has 1 saturated heterocycles. The number of nitrogens with one attached hydrogen (secondary N) is 3. The first-order valence-electron chi connectivity index (χ1n) is 11.1. The van der Waals surface area contributed by atoms with Crippen molar-refractivity contribution in [1.29, 1.82) is 0 Å². The SMILES string of the molecule is O=C(Nc1ccc(Cl)cc1)[C@@H]1CCCN1c1nc(Nc2cc(C3CC3)[nH]n2)n2cccc2n1. The smallest absolute Gasteiger partial charge is 0.247 e. The molecule has 2 fully saturated rings. The Hall–Kier alpha value is -3.59. The van der Waals surface area contributed by atoms with E-state index in [0.29, 0.717) is 35.1 Å². The number of carbonyl (C=O) groups is 1. The van der Waals surface area contributed by atoms with Crippen molar-refractivity contribution in [3.8, 4) is 0 Å². The molecule has 10 heteroatoms. The monoisotopic (exact) mass is 462 g/mol. The number of rotatable bonds is 6. The number of fused-ring (bicyclic) bond motifs is 1. The predicted octanol–water partition coefficient (Wildman–Crippen LogP) is 4.33. The molecule has 0 unspecified atom stereocenters. The van der Waals surface area contributed by atoms with E-state index in [2.05, 4.69) is 20.8 Å². The minimum absolute atomic E-state index is 0.0791. The van der Waals surface area contributed by atoms with Crippen molar-refractivity contribution >= 4 is 46.6 Å². The van der Waals surface area contributed by atoms with Gasteiger partial charge in [-0.1, -0.05) is 11.6 Å². The van der Waals surface area contributed by atoms with Crippen LogP contribution in [0, 0.1) is 0 Å². The first kappa shape index (κ1) is 20.0. The highest BCUT2D eigenvalue weighted by Gasteiger charge is 2.33. The zero-order chi connectivity index (χ0) is 22.4. The quantitative estimate of drug-likeness (QED) is 0.394. The van der Waals surface area contributed by atoms with Gasteiger partial charge in [0.1, 0.15) is 11.7 Å². The number of benzene rings is 1. The maximum Gasteiger partial charge on any atom is 0.247 e. The number of anilines is 4. The number of halogens is 1. The lowest BCUT2D eigenvalue weighted by Crippen LogP contribution is -2.40. The van der Waals surface area contributed by atoms with Crippen LogP contribution < -0.4 is 15.5 Å². The Labute approximate surface area is 195 Å². The van der Waals surface area contributed by atoms with Gasteiger partial charge in [0.25, 0.3) is 0 Å². The number of H-pyrrole nitrogens is 1. The van der Waals surface area contributed by atoms with Gasteiger partial charge in [0.15, 0.2) is 5.82 Å². The summed E-state index contributed by atoms with van der Waals surface area (Å²) in [6.07, 6.45) is 5.94. The normalized spacial score (nSPS) is 18.1. The largest absolute Gasteiger partial charge is 0.329 e. The van der Waals surface area contributed by atoms with Crippen molar-refractivity contribution in [2.75, 3.05) is 22.1 Å². The third-order valence-corrected chi connectivity index (χ3v) is 6.41. The highest BCUT2D eigenvalue weighted by molar-refractivity contribution is 6.30. The third kappa shape index (κ3) is 4.00. The van der Waals surface area contributed by atoms with Crippen LogP contribution in [0.3, 0.4) is 0 Å².